The van der Waals surface area contributed by atoms with Gasteiger partial charge in [-0.1, -0.05) is 11.6 Å². The Balaban J connectivity index is 2.34. The molecule has 2 rings (SSSR count). The van der Waals surface area contributed by atoms with Crippen LogP contribution in [0.25, 0.3) is 4.96 Å². The second kappa shape index (κ2) is 5.17. The molecule has 2 aromatic rings. The molecule has 0 amide bonds. The molecule has 0 aliphatic heterocycles. The fourth-order valence-electron chi connectivity index (χ4n) is 1.52. The Hall–Kier alpha value is -0.840. The van der Waals surface area contributed by atoms with Crippen molar-refractivity contribution in [2.45, 2.75) is 17.6 Å². The van der Waals surface area contributed by atoms with E-state index < -0.39 is 29.2 Å². The van der Waals surface area contributed by atoms with Crippen LogP contribution in [-0.2, 0) is 10.0 Å². The van der Waals surface area contributed by atoms with Gasteiger partial charge in [-0.15, -0.1) is 11.3 Å². The van der Waals surface area contributed by atoms with E-state index in [4.69, 9.17) is 11.6 Å². The predicted molar refractivity (Wildman–Crippen MR) is 68.6 cm³/mol. The van der Waals surface area contributed by atoms with E-state index in [9.17, 15) is 21.6 Å². The highest BCUT2D eigenvalue weighted by molar-refractivity contribution is 7.89. The Bertz CT molecular complexity index is 722. The molecular weight excluding hydrogens is 339 g/mol. The number of hydrogen-bond acceptors (Lipinski definition) is 4. The lowest BCUT2D eigenvalue weighted by Gasteiger charge is -2.17. The minimum absolute atomic E-state index is 0.254. The number of nitrogens with zero attached hydrogens (tertiary/aromatic N) is 3. The van der Waals surface area contributed by atoms with E-state index in [-0.39, 0.29) is 10.2 Å². The van der Waals surface area contributed by atoms with Crippen LogP contribution in [0, 0.1) is 0 Å². The zero-order valence-electron chi connectivity index (χ0n) is 10.1. The van der Waals surface area contributed by atoms with Crippen molar-refractivity contribution in [2.24, 2.45) is 0 Å². The van der Waals surface area contributed by atoms with Crippen molar-refractivity contribution in [3.8, 4) is 0 Å². The average Bonchev–Trinajstić information content (AvgIpc) is 2.83. The van der Waals surface area contributed by atoms with E-state index in [1.54, 1.807) is 5.38 Å². The highest BCUT2D eigenvalue weighted by Gasteiger charge is 2.33. The van der Waals surface area contributed by atoms with Gasteiger partial charge in [0.1, 0.15) is 0 Å². The minimum Gasteiger partial charge on any atom is -0.279 e. The third kappa shape index (κ3) is 2.92. The van der Waals surface area contributed by atoms with Crippen LogP contribution in [0.3, 0.4) is 0 Å². The molecule has 0 aromatic carbocycles. The summed E-state index contributed by atoms with van der Waals surface area (Å²) in [5, 5.41) is 1.03. The van der Waals surface area contributed by atoms with Crippen LogP contribution in [0.15, 0.2) is 16.6 Å². The second-order valence-electron chi connectivity index (χ2n) is 3.96. The van der Waals surface area contributed by atoms with Crippen molar-refractivity contribution in [3.05, 3.63) is 16.7 Å². The summed E-state index contributed by atoms with van der Waals surface area (Å²) >= 11 is 6.95. The number of rotatable bonds is 4. The first-order valence-electron chi connectivity index (χ1n) is 5.27. The van der Waals surface area contributed by atoms with Crippen LogP contribution in [0.5, 0.6) is 0 Å². The summed E-state index contributed by atoms with van der Waals surface area (Å²) in [5.74, 6) is 0. The Morgan fingerprint density at radius 2 is 2.15 bits per heavy atom. The zero-order chi connectivity index (χ0) is 15.1. The van der Waals surface area contributed by atoms with Crippen molar-refractivity contribution < 1.29 is 21.6 Å². The van der Waals surface area contributed by atoms with Crippen LogP contribution in [0.4, 0.5) is 13.2 Å². The number of sulfonamides is 1. The summed E-state index contributed by atoms with van der Waals surface area (Å²) in [7, 11) is -3.06. The van der Waals surface area contributed by atoms with E-state index in [0.717, 1.165) is 7.05 Å². The molecular formula is C9H9ClF3N3O2S2. The van der Waals surface area contributed by atoms with Gasteiger partial charge in [-0.25, -0.2) is 13.4 Å². The first kappa shape index (κ1) is 15.5. The van der Waals surface area contributed by atoms with E-state index in [2.05, 4.69) is 4.98 Å². The molecule has 2 aromatic heterocycles. The molecule has 0 saturated heterocycles. The van der Waals surface area contributed by atoms with Crippen molar-refractivity contribution >= 4 is 37.9 Å². The molecule has 0 atom stereocenters. The molecule has 0 unspecified atom stereocenters. The van der Waals surface area contributed by atoms with Gasteiger partial charge < -0.3 is 0 Å². The topological polar surface area (TPSA) is 54.7 Å². The Kier molecular flexibility index (Phi) is 4.02. The molecule has 11 heteroatoms. The Morgan fingerprint density at radius 1 is 1.50 bits per heavy atom. The second-order valence-corrected chi connectivity index (χ2v) is 7.15. The SMILES string of the molecule is CN(CCC(F)(F)F)S(=O)(=O)c1c(Cl)nc2sccn12. The molecule has 0 N–H and O–H groups in total. The standard InChI is InChI=1S/C9H9ClF3N3O2S2/c1-15(3-2-9(11,12)13)20(17,18)7-6(10)14-8-16(7)4-5-19-8/h4-5H,2-3H2,1H3. The van der Waals surface area contributed by atoms with E-state index in [0.29, 0.717) is 9.27 Å². The summed E-state index contributed by atoms with van der Waals surface area (Å²) in [6.07, 6.45) is -4.21. The normalized spacial score (nSPS) is 13.5. The fourth-order valence-corrected chi connectivity index (χ4v) is 4.09. The minimum atomic E-state index is -4.43. The molecule has 20 heavy (non-hydrogen) atoms. The summed E-state index contributed by atoms with van der Waals surface area (Å²) in [5.41, 5.74) is 0. The van der Waals surface area contributed by atoms with Crippen LogP contribution in [0.2, 0.25) is 5.15 Å². The predicted octanol–water partition coefficient (Wildman–Crippen LogP) is 2.62. The maximum absolute atomic E-state index is 12.3. The molecule has 0 aliphatic carbocycles. The Labute approximate surface area is 121 Å². The maximum Gasteiger partial charge on any atom is 0.390 e. The van der Waals surface area contributed by atoms with Crippen molar-refractivity contribution in [3.63, 3.8) is 0 Å². The summed E-state index contributed by atoms with van der Waals surface area (Å²) in [4.78, 5) is 4.21. The fraction of sp³-hybridized carbons (Fsp3) is 0.444. The van der Waals surface area contributed by atoms with Crippen LogP contribution >= 0.6 is 22.9 Å². The molecule has 0 radical (unpaired) electrons. The maximum atomic E-state index is 12.3. The first-order valence-corrected chi connectivity index (χ1v) is 7.97. The van der Waals surface area contributed by atoms with E-state index in [1.165, 1.54) is 21.9 Å². The van der Waals surface area contributed by atoms with Crippen LogP contribution < -0.4 is 0 Å². The van der Waals surface area contributed by atoms with Gasteiger partial charge in [-0.05, 0) is 0 Å². The number of alkyl halides is 3. The Morgan fingerprint density at radius 3 is 2.75 bits per heavy atom. The van der Waals surface area contributed by atoms with Crippen molar-refractivity contribution in [2.75, 3.05) is 13.6 Å². The summed E-state index contributed by atoms with van der Waals surface area (Å²) in [6.45, 7) is -0.681. The number of aromatic nitrogens is 2. The first-order chi connectivity index (χ1) is 9.13. The number of halogens is 4. The molecule has 2 heterocycles. The molecule has 5 nitrogen and oxygen atoms in total. The van der Waals surface area contributed by atoms with Gasteiger partial charge in [0.25, 0.3) is 10.0 Å². The quantitative estimate of drug-likeness (QED) is 0.854. The highest BCUT2D eigenvalue weighted by Crippen LogP contribution is 2.28. The van der Waals surface area contributed by atoms with E-state index in [1.807, 2.05) is 0 Å². The highest BCUT2D eigenvalue weighted by atomic mass is 35.5. The lowest BCUT2D eigenvalue weighted by molar-refractivity contribution is -0.135. The lowest BCUT2D eigenvalue weighted by atomic mass is 10.4. The molecule has 112 valence electrons. The zero-order valence-corrected chi connectivity index (χ0v) is 12.4. The largest absolute Gasteiger partial charge is 0.390 e. The third-order valence-electron chi connectivity index (χ3n) is 2.54. The van der Waals surface area contributed by atoms with Gasteiger partial charge in [0.2, 0.25) is 0 Å². The van der Waals surface area contributed by atoms with Crippen molar-refractivity contribution in [1.29, 1.82) is 0 Å². The lowest BCUT2D eigenvalue weighted by Crippen LogP contribution is -2.31. The van der Waals surface area contributed by atoms with Gasteiger partial charge in [-0.2, -0.15) is 17.5 Å². The van der Waals surface area contributed by atoms with E-state index >= 15 is 0 Å². The van der Waals surface area contributed by atoms with Crippen LogP contribution in [-0.4, -0.2) is 41.9 Å². The molecule has 0 spiro atoms. The molecule has 0 aliphatic rings. The smallest absolute Gasteiger partial charge is 0.279 e. The molecule has 0 bridgehead atoms. The summed E-state index contributed by atoms with van der Waals surface area (Å²) < 4.78 is 62.9. The molecule has 0 saturated carbocycles. The van der Waals surface area contributed by atoms with Gasteiger partial charge in [0.15, 0.2) is 15.1 Å². The number of fused-ring (bicyclic) bond motifs is 1. The van der Waals surface area contributed by atoms with Crippen LogP contribution in [0.1, 0.15) is 6.42 Å². The number of hydrogen-bond donors (Lipinski definition) is 0. The summed E-state index contributed by atoms with van der Waals surface area (Å²) in [6, 6.07) is 0. The van der Waals surface area contributed by atoms with Gasteiger partial charge in [-0.3, -0.25) is 4.40 Å². The van der Waals surface area contributed by atoms with Crippen molar-refractivity contribution in [1.82, 2.24) is 13.7 Å². The molecule has 0 fully saturated rings. The van der Waals surface area contributed by atoms with Gasteiger partial charge in [0.05, 0.1) is 6.42 Å². The third-order valence-corrected chi connectivity index (χ3v) is 5.56. The number of thiazole rings is 1. The number of imidazole rings is 1. The van der Waals surface area contributed by atoms with Gasteiger partial charge >= 0.3 is 6.18 Å². The van der Waals surface area contributed by atoms with Gasteiger partial charge in [0, 0.05) is 25.2 Å². The monoisotopic (exact) mass is 347 g/mol. The average molecular weight is 348 g/mol.